The minimum atomic E-state index is -0.760. The molecule has 0 saturated carbocycles. The van der Waals surface area contributed by atoms with E-state index in [2.05, 4.69) is 21.2 Å². The smallest absolute Gasteiger partial charge is 0.317 e. The Morgan fingerprint density at radius 3 is 2.72 bits per heavy atom. The van der Waals surface area contributed by atoms with Crippen molar-refractivity contribution in [3.63, 3.8) is 0 Å². The lowest BCUT2D eigenvalue weighted by Crippen LogP contribution is -2.47. The molecule has 18 heavy (non-hydrogen) atoms. The van der Waals surface area contributed by atoms with Gasteiger partial charge in [0.1, 0.15) is 5.82 Å². The number of nitrogens with zero attached hydrogens (tertiary/aromatic N) is 4. The van der Waals surface area contributed by atoms with Crippen molar-refractivity contribution in [1.29, 1.82) is 0 Å². The Morgan fingerprint density at radius 2 is 2.11 bits per heavy atom. The third-order valence-electron chi connectivity index (χ3n) is 2.93. The topological polar surface area (TPSA) is 69.6 Å². The monoisotopic (exact) mass is 270 g/mol. The van der Waals surface area contributed by atoms with Gasteiger partial charge in [-0.05, 0) is 6.42 Å². The Hall–Kier alpha value is -1.21. The summed E-state index contributed by atoms with van der Waals surface area (Å²) in [6.45, 7) is 5.45. The van der Waals surface area contributed by atoms with Crippen molar-refractivity contribution < 1.29 is 9.90 Å². The molecule has 1 aromatic rings. The van der Waals surface area contributed by atoms with Gasteiger partial charge in [-0.25, -0.2) is 4.98 Å². The average molecular weight is 270 g/mol. The number of rotatable bonds is 5. The van der Waals surface area contributed by atoms with E-state index in [0.717, 1.165) is 50.0 Å². The molecule has 1 N–H and O–H groups in total. The first-order valence-corrected chi connectivity index (χ1v) is 6.98. The van der Waals surface area contributed by atoms with E-state index in [0.29, 0.717) is 0 Å². The van der Waals surface area contributed by atoms with Crippen molar-refractivity contribution in [2.45, 2.75) is 19.8 Å². The predicted octanol–water partition coefficient (Wildman–Crippen LogP) is 0.697. The lowest BCUT2D eigenvalue weighted by Gasteiger charge is -2.33. The molecule has 6 nitrogen and oxygen atoms in total. The van der Waals surface area contributed by atoms with Crippen LogP contribution in [-0.4, -0.2) is 58.1 Å². The zero-order valence-corrected chi connectivity index (χ0v) is 11.3. The molecule has 0 aromatic carbocycles. The van der Waals surface area contributed by atoms with Gasteiger partial charge >= 0.3 is 5.97 Å². The summed E-state index contributed by atoms with van der Waals surface area (Å²) < 4.78 is 4.33. The second kappa shape index (κ2) is 6.10. The highest BCUT2D eigenvalue weighted by Gasteiger charge is 2.21. The van der Waals surface area contributed by atoms with Gasteiger partial charge in [-0.15, -0.1) is 0 Å². The number of hydrogen-bond acceptors (Lipinski definition) is 6. The minimum absolute atomic E-state index is 0.130. The van der Waals surface area contributed by atoms with Crippen molar-refractivity contribution in [3.05, 3.63) is 5.82 Å². The van der Waals surface area contributed by atoms with Crippen LogP contribution in [0.15, 0.2) is 0 Å². The molecule has 7 heteroatoms. The molecule has 0 unspecified atom stereocenters. The van der Waals surface area contributed by atoms with Crippen molar-refractivity contribution in [1.82, 2.24) is 14.3 Å². The average Bonchev–Trinajstić information content (AvgIpc) is 2.78. The van der Waals surface area contributed by atoms with Gasteiger partial charge in [0.05, 0.1) is 6.54 Å². The predicted molar refractivity (Wildman–Crippen MR) is 70.2 cm³/mol. The van der Waals surface area contributed by atoms with E-state index in [9.17, 15) is 4.79 Å². The van der Waals surface area contributed by atoms with E-state index < -0.39 is 5.97 Å². The Morgan fingerprint density at radius 1 is 1.39 bits per heavy atom. The molecule has 0 bridgehead atoms. The van der Waals surface area contributed by atoms with Crippen LogP contribution in [0.25, 0.3) is 0 Å². The van der Waals surface area contributed by atoms with Gasteiger partial charge in [0.15, 0.2) is 0 Å². The van der Waals surface area contributed by atoms with E-state index in [1.165, 1.54) is 11.5 Å². The van der Waals surface area contributed by atoms with Crippen LogP contribution in [0, 0.1) is 0 Å². The van der Waals surface area contributed by atoms with Gasteiger partial charge in [0.25, 0.3) is 0 Å². The molecule has 2 heterocycles. The van der Waals surface area contributed by atoms with Crippen molar-refractivity contribution in [2.75, 3.05) is 37.6 Å². The number of piperazine rings is 1. The van der Waals surface area contributed by atoms with E-state index >= 15 is 0 Å². The first-order valence-electron chi connectivity index (χ1n) is 6.20. The standard InChI is InChI=1S/C11H18N4O2S/c1-2-3-9-12-11(18-13-9)15-6-4-14(5-7-15)8-10(16)17/h2-8H2,1H3,(H,16,17). The number of aryl methyl sites for hydroxylation is 1. The van der Waals surface area contributed by atoms with Gasteiger partial charge in [0, 0.05) is 44.1 Å². The van der Waals surface area contributed by atoms with Gasteiger partial charge in [0.2, 0.25) is 5.13 Å². The molecular formula is C11H18N4O2S. The maximum absolute atomic E-state index is 10.6. The molecule has 1 aliphatic heterocycles. The second-order valence-corrected chi connectivity index (χ2v) is 5.13. The van der Waals surface area contributed by atoms with Crippen LogP contribution < -0.4 is 4.90 Å². The summed E-state index contributed by atoms with van der Waals surface area (Å²) in [5.74, 6) is 0.162. The molecule has 1 fully saturated rings. The molecule has 0 aliphatic carbocycles. The minimum Gasteiger partial charge on any atom is -0.480 e. The zero-order valence-electron chi connectivity index (χ0n) is 10.5. The fourth-order valence-corrected chi connectivity index (χ4v) is 2.75. The molecule has 0 amide bonds. The maximum atomic E-state index is 10.6. The summed E-state index contributed by atoms with van der Waals surface area (Å²) in [4.78, 5) is 19.3. The lowest BCUT2D eigenvalue weighted by atomic mass is 10.3. The highest BCUT2D eigenvalue weighted by molar-refractivity contribution is 7.09. The van der Waals surface area contributed by atoms with Crippen LogP contribution in [0.1, 0.15) is 19.2 Å². The normalized spacial score (nSPS) is 17.1. The highest BCUT2D eigenvalue weighted by Crippen LogP contribution is 2.19. The first kappa shape index (κ1) is 13.2. The fraction of sp³-hybridized carbons (Fsp3) is 0.727. The molecule has 0 atom stereocenters. The van der Waals surface area contributed by atoms with Crippen molar-refractivity contribution >= 4 is 22.6 Å². The number of aliphatic carboxylic acids is 1. The lowest BCUT2D eigenvalue weighted by molar-refractivity contribution is -0.138. The highest BCUT2D eigenvalue weighted by atomic mass is 32.1. The van der Waals surface area contributed by atoms with Crippen LogP contribution >= 0.6 is 11.5 Å². The molecule has 1 aromatic heterocycles. The molecule has 2 rings (SSSR count). The summed E-state index contributed by atoms with van der Waals surface area (Å²) in [5.41, 5.74) is 0. The molecule has 100 valence electrons. The Labute approximate surface area is 110 Å². The largest absolute Gasteiger partial charge is 0.480 e. The van der Waals surface area contributed by atoms with Crippen LogP contribution in [0.2, 0.25) is 0 Å². The van der Waals surface area contributed by atoms with Crippen LogP contribution in [0.5, 0.6) is 0 Å². The summed E-state index contributed by atoms with van der Waals surface area (Å²) >= 11 is 1.44. The maximum Gasteiger partial charge on any atom is 0.317 e. The van der Waals surface area contributed by atoms with Crippen LogP contribution in [0.3, 0.4) is 0 Å². The number of carboxylic acids is 1. The molecular weight excluding hydrogens is 252 g/mol. The van der Waals surface area contributed by atoms with Crippen molar-refractivity contribution in [2.24, 2.45) is 0 Å². The third kappa shape index (κ3) is 3.39. The summed E-state index contributed by atoms with van der Waals surface area (Å²) in [6, 6.07) is 0. The quantitative estimate of drug-likeness (QED) is 0.849. The molecule has 1 aliphatic rings. The number of carboxylic acid groups (broad SMARTS) is 1. The fourth-order valence-electron chi connectivity index (χ4n) is 1.99. The first-order chi connectivity index (χ1) is 8.69. The Bertz CT molecular complexity index is 402. The summed E-state index contributed by atoms with van der Waals surface area (Å²) in [7, 11) is 0. The van der Waals surface area contributed by atoms with E-state index in [1.54, 1.807) is 0 Å². The zero-order chi connectivity index (χ0) is 13.0. The van der Waals surface area contributed by atoms with Gasteiger partial charge in [-0.3, -0.25) is 9.69 Å². The van der Waals surface area contributed by atoms with Crippen LogP contribution in [-0.2, 0) is 11.2 Å². The second-order valence-electron chi connectivity index (χ2n) is 4.40. The Balaban J connectivity index is 1.86. The molecule has 1 saturated heterocycles. The van der Waals surface area contributed by atoms with E-state index in [1.807, 2.05) is 4.90 Å². The van der Waals surface area contributed by atoms with E-state index in [-0.39, 0.29) is 6.54 Å². The van der Waals surface area contributed by atoms with Gasteiger partial charge in [-0.2, -0.15) is 4.37 Å². The van der Waals surface area contributed by atoms with Crippen molar-refractivity contribution in [3.8, 4) is 0 Å². The number of aromatic nitrogens is 2. The number of hydrogen-bond donors (Lipinski definition) is 1. The van der Waals surface area contributed by atoms with Gasteiger partial charge < -0.3 is 10.0 Å². The van der Waals surface area contributed by atoms with Gasteiger partial charge in [-0.1, -0.05) is 6.92 Å². The van der Waals surface area contributed by atoms with Crippen LogP contribution in [0.4, 0.5) is 5.13 Å². The SMILES string of the molecule is CCCc1nsc(N2CCN(CC(=O)O)CC2)n1. The third-order valence-corrected chi connectivity index (χ3v) is 3.75. The molecule has 0 spiro atoms. The summed E-state index contributed by atoms with van der Waals surface area (Å²) in [6.07, 6.45) is 1.98. The number of anilines is 1. The molecule has 0 radical (unpaired) electrons. The number of carbonyl (C=O) groups is 1. The Kier molecular flexibility index (Phi) is 4.48. The summed E-state index contributed by atoms with van der Waals surface area (Å²) in [5, 5.41) is 9.70. The van der Waals surface area contributed by atoms with E-state index in [4.69, 9.17) is 5.11 Å².